The second-order valence-corrected chi connectivity index (χ2v) is 5.02. The first-order valence-corrected chi connectivity index (χ1v) is 7.65. The Hall–Kier alpha value is -1.06. The van der Waals surface area contributed by atoms with Crippen LogP contribution in [0, 0.1) is 0 Å². The van der Waals surface area contributed by atoms with Crippen molar-refractivity contribution < 1.29 is 9.59 Å². The van der Waals surface area contributed by atoms with Crippen LogP contribution in [-0.2, 0) is 9.59 Å². The van der Waals surface area contributed by atoms with Gasteiger partial charge in [0.2, 0.25) is 11.8 Å². The highest BCUT2D eigenvalue weighted by molar-refractivity contribution is 5.79. The van der Waals surface area contributed by atoms with E-state index < -0.39 is 0 Å². The van der Waals surface area contributed by atoms with Gasteiger partial charge in [-0.15, -0.1) is 0 Å². The van der Waals surface area contributed by atoms with E-state index in [0.29, 0.717) is 19.3 Å². The van der Waals surface area contributed by atoms with E-state index in [1.54, 1.807) is 0 Å². The van der Waals surface area contributed by atoms with Crippen LogP contribution >= 0.6 is 0 Å². The molecule has 0 radical (unpaired) electrons. The van der Waals surface area contributed by atoms with Crippen LogP contribution < -0.4 is 10.6 Å². The molecule has 0 aliphatic carbocycles. The molecule has 4 nitrogen and oxygen atoms in total. The summed E-state index contributed by atoms with van der Waals surface area (Å²) in [4.78, 5) is 23.3. The van der Waals surface area contributed by atoms with Crippen molar-refractivity contribution in [3.05, 3.63) is 0 Å². The summed E-state index contributed by atoms with van der Waals surface area (Å²) in [6, 6.07) is 0.539. The third-order valence-electron chi connectivity index (χ3n) is 3.51. The first kappa shape index (κ1) is 17.9. The Labute approximate surface area is 117 Å². The summed E-state index contributed by atoms with van der Waals surface area (Å²) in [5, 5.41) is 5.97. The summed E-state index contributed by atoms with van der Waals surface area (Å²) in [6.45, 7) is 8.27. The van der Waals surface area contributed by atoms with Crippen LogP contribution in [0.2, 0.25) is 0 Å². The van der Waals surface area contributed by atoms with Crippen molar-refractivity contribution in [2.75, 3.05) is 0 Å². The molecule has 0 saturated heterocycles. The van der Waals surface area contributed by atoms with Crippen molar-refractivity contribution in [3.8, 4) is 0 Å². The van der Waals surface area contributed by atoms with E-state index in [0.717, 1.165) is 25.7 Å². The summed E-state index contributed by atoms with van der Waals surface area (Å²) in [6.07, 6.45) is 5.32. The van der Waals surface area contributed by atoms with Crippen LogP contribution in [0.25, 0.3) is 0 Å². The Balaban J connectivity index is 3.78. The van der Waals surface area contributed by atoms with Gasteiger partial charge in [0.1, 0.15) is 0 Å². The molecule has 0 saturated carbocycles. The highest BCUT2D eigenvalue weighted by Crippen LogP contribution is 2.02. The topological polar surface area (TPSA) is 58.2 Å². The number of carbonyl (C=O) groups is 2. The van der Waals surface area contributed by atoms with Crippen LogP contribution in [0.4, 0.5) is 0 Å². The molecule has 0 bridgehead atoms. The zero-order chi connectivity index (χ0) is 14.7. The lowest BCUT2D eigenvalue weighted by Crippen LogP contribution is -2.35. The van der Waals surface area contributed by atoms with E-state index in [2.05, 4.69) is 38.3 Å². The van der Waals surface area contributed by atoms with Crippen molar-refractivity contribution in [2.24, 2.45) is 0 Å². The monoisotopic (exact) mass is 270 g/mol. The van der Waals surface area contributed by atoms with Gasteiger partial charge in [-0.25, -0.2) is 0 Å². The molecule has 0 rings (SSSR count). The van der Waals surface area contributed by atoms with E-state index >= 15 is 0 Å². The van der Waals surface area contributed by atoms with Crippen LogP contribution in [0.5, 0.6) is 0 Å². The van der Waals surface area contributed by atoms with Gasteiger partial charge in [-0.2, -0.15) is 0 Å². The quantitative estimate of drug-likeness (QED) is 0.641. The Morgan fingerprint density at radius 1 is 0.737 bits per heavy atom. The first-order chi connectivity index (χ1) is 9.07. The summed E-state index contributed by atoms with van der Waals surface area (Å²) in [5.41, 5.74) is 0. The molecule has 2 amide bonds. The Kier molecular flexibility index (Phi) is 10.2. The highest BCUT2D eigenvalue weighted by atomic mass is 16.2. The summed E-state index contributed by atoms with van der Waals surface area (Å²) < 4.78 is 0. The first-order valence-electron chi connectivity index (χ1n) is 7.65. The fourth-order valence-corrected chi connectivity index (χ4v) is 1.99. The molecule has 112 valence electrons. The molecule has 0 aromatic heterocycles. The summed E-state index contributed by atoms with van der Waals surface area (Å²) >= 11 is 0. The van der Waals surface area contributed by atoms with Crippen molar-refractivity contribution in [2.45, 2.75) is 84.7 Å². The SMILES string of the molecule is CCC(CC)NC(=O)CCCC(=O)NC(CC)CC. The number of carbonyl (C=O) groups excluding carboxylic acids is 2. The van der Waals surface area contributed by atoms with Crippen molar-refractivity contribution >= 4 is 11.8 Å². The molecule has 0 spiro atoms. The number of nitrogens with one attached hydrogen (secondary N) is 2. The molecule has 19 heavy (non-hydrogen) atoms. The normalized spacial score (nSPS) is 10.8. The fraction of sp³-hybridized carbons (Fsp3) is 0.867. The minimum absolute atomic E-state index is 0.0593. The number of rotatable bonds is 10. The van der Waals surface area contributed by atoms with Crippen LogP contribution in [0.15, 0.2) is 0 Å². The Morgan fingerprint density at radius 2 is 1.05 bits per heavy atom. The van der Waals surface area contributed by atoms with Crippen molar-refractivity contribution in [1.82, 2.24) is 10.6 Å². The molecule has 0 heterocycles. The molecule has 0 aliphatic rings. The zero-order valence-electron chi connectivity index (χ0n) is 12.9. The second kappa shape index (κ2) is 10.8. The van der Waals surface area contributed by atoms with E-state index in [1.165, 1.54) is 0 Å². The number of amides is 2. The predicted molar refractivity (Wildman–Crippen MR) is 78.9 cm³/mol. The lowest BCUT2D eigenvalue weighted by atomic mass is 10.1. The third-order valence-corrected chi connectivity index (χ3v) is 3.51. The zero-order valence-corrected chi connectivity index (χ0v) is 12.9. The molecular weight excluding hydrogens is 240 g/mol. The fourth-order valence-electron chi connectivity index (χ4n) is 1.99. The second-order valence-electron chi connectivity index (χ2n) is 5.02. The lowest BCUT2D eigenvalue weighted by Gasteiger charge is -2.15. The highest BCUT2D eigenvalue weighted by Gasteiger charge is 2.11. The molecule has 0 atom stereocenters. The van der Waals surface area contributed by atoms with Gasteiger partial charge in [0, 0.05) is 24.9 Å². The van der Waals surface area contributed by atoms with Crippen molar-refractivity contribution in [3.63, 3.8) is 0 Å². The predicted octanol–water partition coefficient (Wildman–Crippen LogP) is 2.77. The number of hydrogen-bond donors (Lipinski definition) is 2. The van der Waals surface area contributed by atoms with Gasteiger partial charge in [0.25, 0.3) is 0 Å². The molecule has 0 unspecified atom stereocenters. The maximum Gasteiger partial charge on any atom is 0.220 e. The maximum atomic E-state index is 11.6. The van der Waals surface area contributed by atoms with Gasteiger partial charge in [-0.05, 0) is 32.1 Å². The molecule has 0 aromatic carbocycles. The van der Waals surface area contributed by atoms with E-state index in [9.17, 15) is 9.59 Å². The van der Waals surface area contributed by atoms with Gasteiger partial charge < -0.3 is 10.6 Å². The average molecular weight is 270 g/mol. The van der Waals surface area contributed by atoms with Gasteiger partial charge >= 0.3 is 0 Å². The van der Waals surface area contributed by atoms with Crippen LogP contribution in [-0.4, -0.2) is 23.9 Å². The van der Waals surface area contributed by atoms with E-state index in [1.807, 2.05) is 0 Å². The van der Waals surface area contributed by atoms with E-state index in [-0.39, 0.29) is 23.9 Å². The van der Waals surface area contributed by atoms with Crippen molar-refractivity contribution in [1.29, 1.82) is 0 Å². The maximum absolute atomic E-state index is 11.6. The molecule has 0 fully saturated rings. The molecule has 4 heteroatoms. The average Bonchev–Trinajstić information content (AvgIpc) is 2.42. The summed E-state index contributed by atoms with van der Waals surface area (Å²) in [5.74, 6) is 0.119. The minimum Gasteiger partial charge on any atom is -0.353 e. The van der Waals surface area contributed by atoms with Gasteiger partial charge in [0.05, 0.1) is 0 Å². The van der Waals surface area contributed by atoms with Gasteiger partial charge in [0.15, 0.2) is 0 Å². The summed E-state index contributed by atoms with van der Waals surface area (Å²) in [7, 11) is 0. The van der Waals surface area contributed by atoms with Crippen LogP contribution in [0.1, 0.15) is 72.6 Å². The third kappa shape index (κ3) is 8.62. The standard InChI is InChI=1S/C15H30N2O2/c1-5-12(6-2)16-14(18)10-9-11-15(19)17-13(7-3)8-4/h12-13H,5-11H2,1-4H3,(H,16,18)(H,17,19). The largest absolute Gasteiger partial charge is 0.353 e. The van der Waals surface area contributed by atoms with Crippen LogP contribution in [0.3, 0.4) is 0 Å². The minimum atomic E-state index is 0.0593. The molecular formula is C15H30N2O2. The van der Waals surface area contributed by atoms with Gasteiger partial charge in [-0.3, -0.25) is 9.59 Å². The molecule has 0 aromatic rings. The molecule has 2 N–H and O–H groups in total. The Morgan fingerprint density at radius 3 is 1.32 bits per heavy atom. The number of hydrogen-bond acceptors (Lipinski definition) is 2. The van der Waals surface area contributed by atoms with Gasteiger partial charge in [-0.1, -0.05) is 27.7 Å². The lowest BCUT2D eigenvalue weighted by molar-refractivity contribution is -0.123. The van der Waals surface area contributed by atoms with E-state index in [4.69, 9.17) is 0 Å². The molecule has 0 aliphatic heterocycles. The smallest absolute Gasteiger partial charge is 0.220 e. The Bertz CT molecular complexity index is 233.